The molecule has 112 valence electrons. The van der Waals surface area contributed by atoms with Crippen LogP contribution in [0.5, 0.6) is 5.75 Å². The number of H-pyrrole nitrogens is 1. The van der Waals surface area contributed by atoms with Crippen LogP contribution < -0.4 is 5.32 Å². The van der Waals surface area contributed by atoms with Crippen LogP contribution in [0.25, 0.3) is 0 Å². The number of sulfone groups is 1. The minimum absolute atomic E-state index is 0.0141. The largest absolute Gasteiger partial charge is 0.506 e. The lowest BCUT2D eigenvalue weighted by atomic mass is 10.3. The molecule has 21 heavy (non-hydrogen) atoms. The maximum atomic E-state index is 11.9. The summed E-state index contributed by atoms with van der Waals surface area (Å²) < 4.78 is 23.6. The lowest BCUT2D eigenvalue weighted by molar-refractivity contribution is 0.102. The fourth-order valence-corrected chi connectivity index (χ4v) is 2.73. The van der Waals surface area contributed by atoms with E-state index in [1.165, 1.54) is 37.4 Å². The summed E-state index contributed by atoms with van der Waals surface area (Å²) in [6.45, 7) is 1.52. The number of benzene rings is 1. The summed E-state index contributed by atoms with van der Waals surface area (Å²) in [7, 11) is -3.43. The molecule has 0 saturated carbocycles. The van der Waals surface area contributed by atoms with Crippen molar-refractivity contribution in [2.24, 2.45) is 0 Å². The second kappa shape index (κ2) is 5.79. The first-order valence-electron chi connectivity index (χ1n) is 6.04. The van der Waals surface area contributed by atoms with Crippen LogP contribution in [0.1, 0.15) is 17.4 Å². The first-order valence-corrected chi connectivity index (χ1v) is 8.07. The molecule has 0 saturated heterocycles. The molecule has 0 bridgehead atoms. The van der Waals surface area contributed by atoms with Crippen molar-refractivity contribution in [3.63, 3.8) is 0 Å². The Labute approximate surface area is 126 Å². The number of aromatic amines is 1. The van der Waals surface area contributed by atoms with Crippen molar-refractivity contribution >= 4 is 33.0 Å². The average molecular weight is 329 g/mol. The van der Waals surface area contributed by atoms with Crippen molar-refractivity contribution in [3.8, 4) is 5.75 Å². The lowest BCUT2D eigenvalue weighted by Gasteiger charge is -2.09. The molecule has 3 N–H and O–H groups in total. The van der Waals surface area contributed by atoms with Gasteiger partial charge < -0.3 is 15.4 Å². The summed E-state index contributed by atoms with van der Waals surface area (Å²) in [5.74, 6) is -0.837. The van der Waals surface area contributed by atoms with Gasteiger partial charge in [0.1, 0.15) is 11.4 Å². The van der Waals surface area contributed by atoms with E-state index in [-0.39, 0.29) is 27.8 Å². The summed E-state index contributed by atoms with van der Waals surface area (Å²) in [5.41, 5.74) is 0.211. The molecule has 1 aromatic heterocycles. The van der Waals surface area contributed by atoms with Gasteiger partial charge in [-0.2, -0.15) is 0 Å². The first kappa shape index (κ1) is 15.4. The molecule has 0 unspecified atom stereocenters. The first-order chi connectivity index (χ1) is 9.83. The molecule has 0 radical (unpaired) electrons. The Bertz CT molecular complexity index is 783. The summed E-state index contributed by atoms with van der Waals surface area (Å²) in [6.07, 6.45) is 1.44. The zero-order valence-corrected chi connectivity index (χ0v) is 12.6. The number of carbonyl (C=O) groups excluding carboxylic acids is 1. The van der Waals surface area contributed by atoms with Crippen molar-refractivity contribution in [1.29, 1.82) is 0 Å². The predicted octanol–water partition coefficient (Wildman–Crippen LogP) is 2.42. The maximum absolute atomic E-state index is 11.9. The standard InChI is InChI=1S/C13H13ClN2O4S/c1-2-21(19,20)9-3-4-12(17)10(6-9)16-13(18)11-5-8(14)7-15-11/h3-7,15,17H,2H2,1H3,(H,16,18). The maximum Gasteiger partial charge on any atom is 0.272 e. The monoisotopic (exact) mass is 328 g/mol. The zero-order valence-electron chi connectivity index (χ0n) is 11.1. The Kier molecular flexibility index (Phi) is 4.24. The van der Waals surface area contributed by atoms with E-state index < -0.39 is 15.7 Å². The summed E-state index contributed by atoms with van der Waals surface area (Å²) >= 11 is 5.70. The third kappa shape index (κ3) is 3.37. The average Bonchev–Trinajstić information content (AvgIpc) is 2.87. The van der Waals surface area contributed by atoms with Gasteiger partial charge in [0.05, 0.1) is 21.4 Å². The minimum atomic E-state index is -3.43. The number of rotatable bonds is 4. The van der Waals surface area contributed by atoms with Crippen LogP contribution in [0.3, 0.4) is 0 Å². The van der Waals surface area contributed by atoms with Crippen LogP contribution in [0.15, 0.2) is 35.4 Å². The molecule has 8 heteroatoms. The molecule has 0 aliphatic carbocycles. The molecule has 0 fully saturated rings. The van der Waals surface area contributed by atoms with Gasteiger partial charge >= 0.3 is 0 Å². The van der Waals surface area contributed by atoms with Crippen LogP contribution >= 0.6 is 11.6 Å². The van der Waals surface area contributed by atoms with Gasteiger partial charge in [0.15, 0.2) is 9.84 Å². The number of aromatic hydroxyl groups is 1. The number of carbonyl (C=O) groups is 1. The molecule has 1 amide bonds. The number of amides is 1. The van der Waals surface area contributed by atoms with E-state index in [1.54, 1.807) is 0 Å². The van der Waals surface area contributed by atoms with Gasteiger partial charge in [0.2, 0.25) is 0 Å². The molecule has 0 atom stereocenters. The van der Waals surface area contributed by atoms with E-state index in [1.807, 2.05) is 0 Å². The third-order valence-electron chi connectivity index (χ3n) is 2.85. The van der Waals surface area contributed by atoms with Crippen molar-refractivity contribution < 1.29 is 18.3 Å². The topological polar surface area (TPSA) is 99.3 Å². The summed E-state index contributed by atoms with van der Waals surface area (Å²) in [6, 6.07) is 5.15. The number of halogens is 1. The van der Waals surface area contributed by atoms with E-state index in [0.717, 1.165) is 0 Å². The van der Waals surface area contributed by atoms with Gasteiger partial charge in [0.25, 0.3) is 5.91 Å². The number of hydrogen-bond donors (Lipinski definition) is 3. The normalized spacial score (nSPS) is 11.3. The Morgan fingerprint density at radius 1 is 1.38 bits per heavy atom. The number of hydrogen-bond acceptors (Lipinski definition) is 4. The molecule has 2 rings (SSSR count). The van der Waals surface area contributed by atoms with Gasteiger partial charge in [-0.15, -0.1) is 0 Å². The molecule has 2 aromatic rings. The zero-order chi connectivity index (χ0) is 15.6. The van der Waals surface area contributed by atoms with Gasteiger partial charge in [-0.1, -0.05) is 18.5 Å². The Morgan fingerprint density at radius 2 is 2.10 bits per heavy atom. The quantitative estimate of drug-likeness (QED) is 0.750. The van der Waals surface area contributed by atoms with Crippen molar-refractivity contribution in [3.05, 3.63) is 41.2 Å². The number of aromatic nitrogens is 1. The van der Waals surface area contributed by atoms with Crippen molar-refractivity contribution in [2.45, 2.75) is 11.8 Å². The molecule has 1 heterocycles. The van der Waals surface area contributed by atoms with E-state index in [2.05, 4.69) is 10.3 Å². The molecule has 6 nitrogen and oxygen atoms in total. The summed E-state index contributed by atoms with van der Waals surface area (Å²) in [4.78, 5) is 14.6. The third-order valence-corrected chi connectivity index (χ3v) is 4.80. The Morgan fingerprint density at radius 3 is 2.67 bits per heavy atom. The van der Waals surface area contributed by atoms with E-state index in [0.29, 0.717) is 5.02 Å². The van der Waals surface area contributed by atoms with E-state index >= 15 is 0 Å². The SMILES string of the molecule is CCS(=O)(=O)c1ccc(O)c(NC(=O)c2cc(Cl)c[nH]2)c1. The molecule has 0 aliphatic heterocycles. The van der Waals surface area contributed by atoms with E-state index in [4.69, 9.17) is 11.6 Å². The van der Waals surface area contributed by atoms with Crippen molar-refractivity contribution in [1.82, 2.24) is 4.98 Å². The predicted molar refractivity (Wildman–Crippen MR) is 79.6 cm³/mol. The highest BCUT2D eigenvalue weighted by Gasteiger charge is 2.16. The van der Waals surface area contributed by atoms with Crippen LogP contribution in [0.4, 0.5) is 5.69 Å². The Hall–Kier alpha value is -1.99. The van der Waals surface area contributed by atoms with Gasteiger partial charge in [-0.25, -0.2) is 8.42 Å². The fourth-order valence-electron chi connectivity index (χ4n) is 1.66. The minimum Gasteiger partial charge on any atom is -0.506 e. The van der Waals surface area contributed by atoms with Crippen molar-refractivity contribution in [2.75, 3.05) is 11.1 Å². The van der Waals surface area contributed by atoms with Crippen LogP contribution in [-0.4, -0.2) is 30.2 Å². The number of nitrogens with one attached hydrogen (secondary N) is 2. The molecular weight excluding hydrogens is 316 g/mol. The highest BCUT2D eigenvalue weighted by atomic mass is 35.5. The van der Waals surface area contributed by atoms with Gasteiger partial charge in [0, 0.05) is 6.20 Å². The van der Waals surface area contributed by atoms with Gasteiger partial charge in [-0.3, -0.25) is 4.79 Å². The smallest absolute Gasteiger partial charge is 0.272 e. The number of phenols is 1. The highest BCUT2D eigenvalue weighted by Crippen LogP contribution is 2.27. The van der Waals surface area contributed by atoms with Crippen LogP contribution in [-0.2, 0) is 9.84 Å². The second-order valence-electron chi connectivity index (χ2n) is 4.27. The van der Waals surface area contributed by atoms with Gasteiger partial charge in [-0.05, 0) is 24.3 Å². The Balaban J connectivity index is 2.32. The number of anilines is 1. The van der Waals surface area contributed by atoms with Crippen LogP contribution in [0.2, 0.25) is 5.02 Å². The second-order valence-corrected chi connectivity index (χ2v) is 6.98. The highest BCUT2D eigenvalue weighted by molar-refractivity contribution is 7.91. The number of phenolic OH excluding ortho intramolecular Hbond substituents is 1. The van der Waals surface area contributed by atoms with Crippen LogP contribution in [0, 0.1) is 0 Å². The molecule has 0 aliphatic rings. The molecular formula is C13H13ClN2O4S. The van der Waals surface area contributed by atoms with E-state index in [9.17, 15) is 18.3 Å². The molecule has 1 aromatic carbocycles. The fraction of sp³-hybridized carbons (Fsp3) is 0.154. The lowest BCUT2D eigenvalue weighted by Crippen LogP contribution is -2.13. The summed E-state index contributed by atoms with van der Waals surface area (Å²) in [5, 5.41) is 12.5. The molecule has 0 spiro atoms.